The maximum atomic E-state index is 12.5. The molecule has 0 fully saturated rings. The van der Waals surface area contributed by atoms with Gasteiger partial charge in [0.15, 0.2) is 6.29 Å². The molecule has 8 heteroatoms. The third-order valence-corrected chi connectivity index (χ3v) is 2.81. The lowest BCUT2D eigenvalue weighted by Crippen LogP contribution is -2.07. The normalized spacial score (nSPS) is 19.7. The van der Waals surface area contributed by atoms with Gasteiger partial charge in [-0.2, -0.15) is 0 Å². The highest BCUT2D eigenvalue weighted by Crippen LogP contribution is 3.02. The van der Waals surface area contributed by atoms with Gasteiger partial charge in [-0.3, -0.25) is 4.79 Å². The van der Waals surface area contributed by atoms with Crippen LogP contribution in [0.4, 0.5) is 19.4 Å². The fourth-order valence-corrected chi connectivity index (χ4v) is 1.63. The average molecular weight is 265 g/mol. The number of benzene rings is 1. The van der Waals surface area contributed by atoms with Gasteiger partial charge in [0.25, 0.3) is 0 Å². The molecular formula is C8H7F5O2S. The van der Waals surface area contributed by atoms with Gasteiger partial charge in [-0.15, -0.1) is 0 Å². The molecule has 0 saturated carbocycles. The molecule has 0 radical (unpaired) electrons. The molecule has 0 aliphatic carbocycles. The molecule has 0 spiro atoms. The third-order valence-electron chi connectivity index (χ3n) is 1.66. The summed E-state index contributed by atoms with van der Waals surface area (Å²) in [6.45, 7) is 0. The lowest BCUT2D eigenvalue weighted by molar-refractivity contribution is 0.112. The maximum Gasteiger partial charge on any atom is 0.310 e. The Labute approximate surface area is 92.0 Å². The standard InChI is InChI=1S/C8H7F5O2S/c1-15-8-3-2-7(4-6(8)5-14)16(9,10,11,12)13/h2-5H,1H3/i1D3. The number of rotatable bonds is 3. The van der Waals surface area contributed by atoms with E-state index in [1.54, 1.807) is 0 Å². The average Bonchev–Trinajstić information content (AvgIpc) is 2.11. The van der Waals surface area contributed by atoms with Gasteiger partial charge in [0.1, 0.15) is 10.6 Å². The van der Waals surface area contributed by atoms with Crippen molar-refractivity contribution in [2.75, 3.05) is 7.04 Å². The van der Waals surface area contributed by atoms with Gasteiger partial charge in [0.05, 0.1) is 16.7 Å². The molecule has 0 saturated heterocycles. The second kappa shape index (κ2) is 2.88. The smallest absolute Gasteiger partial charge is 0.310 e. The Morgan fingerprint density at radius 3 is 2.38 bits per heavy atom. The first kappa shape index (κ1) is 8.80. The molecule has 1 aromatic rings. The van der Waals surface area contributed by atoms with Crippen molar-refractivity contribution in [1.82, 2.24) is 0 Å². The molecule has 0 heterocycles. The van der Waals surface area contributed by atoms with Crippen molar-refractivity contribution in [3.8, 4) is 5.75 Å². The number of halogens is 5. The van der Waals surface area contributed by atoms with Gasteiger partial charge in [-0.1, -0.05) is 19.4 Å². The van der Waals surface area contributed by atoms with E-state index in [0.29, 0.717) is 6.07 Å². The number of ether oxygens (including phenoxy) is 1. The summed E-state index contributed by atoms with van der Waals surface area (Å²) < 4.78 is 86.7. The lowest BCUT2D eigenvalue weighted by Gasteiger charge is -2.40. The van der Waals surface area contributed by atoms with Crippen molar-refractivity contribution in [2.45, 2.75) is 4.90 Å². The number of aldehydes is 1. The molecule has 1 rings (SSSR count). The Morgan fingerprint density at radius 1 is 1.31 bits per heavy atom. The van der Waals surface area contributed by atoms with Crippen molar-refractivity contribution in [2.24, 2.45) is 0 Å². The first-order valence-electron chi connectivity index (χ1n) is 5.15. The van der Waals surface area contributed by atoms with Crippen molar-refractivity contribution >= 4 is 16.5 Å². The van der Waals surface area contributed by atoms with Crippen LogP contribution < -0.4 is 4.74 Å². The molecule has 0 aliphatic heterocycles. The minimum atomic E-state index is -9.92. The van der Waals surface area contributed by atoms with Gasteiger partial charge in [-0.05, 0) is 18.2 Å². The summed E-state index contributed by atoms with van der Waals surface area (Å²) >= 11 is 0. The number of hydrogen-bond donors (Lipinski definition) is 0. The molecular weight excluding hydrogens is 255 g/mol. The van der Waals surface area contributed by atoms with E-state index in [-0.39, 0.29) is 18.4 Å². The lowest BCUT2D eigenvalue weighted by atomic mass is 10.2. The van der Waals surface area contributed by atoms with Gasteiger partial charge in [0, 0.05) is 0 Å². The van der Waals surface area contributed by atoms with E-state index in [1.165, 1.54) is 0 Å². The van der Waals surface area contributed by atoms with Crippen LogP contribution in [0.2, 0.25) is 0 Å². The van der Waals surface area contributed by atoms with Gasteiger partial charge in [0.2, 0.25) is 0 Å². The largest absolute Gasteiger partial charge is 0.496 e. The summed E-state index contributed by atoms with van der Waals surface area (Å²) in [6, 6.07) is 0.189. The maximum absolute atomic E-state index is 12.5. The van der Waals surface area contributed by atoms with Crippen LogP contribution >= 0.6 is 10.2 Å². The van der Waals surface area contributed by atoms with E-state index in [0.717, 1.165) is 0 Å². The fourth-order valence-electron chi connectivity index (χ4n) is 0.952. The van der Waals surface area contributed by atoms with Crippen molar-refractivity contribution in [1.29, 1.82) is 0 Å². The highest BCUT2D eigenvalue weighted by atomic mass is 32.5. The molecule has 0 unspecified atom stereocenters. The topological polar surface area (TPSA) is 26.3 Å². The Morgan fingerprint density at radius 2 is 1.94 bits per heavy atom. The second-order valence-corrected chi connectivity index (χ2v) is 5.30. The Balaban J connectivity index is 3.38. The minimum absolute atomic E-state index is 0.0321. The van der Waals surface area contributed by atoms with E-state index < -0.39 is 33.5 Å². The second-order valence-electron chi connectivity index (χ2n) is 2.89. The van der Waals surface area contributed by atoms with E-state index in [4.69, 9.17) is 4.11 Å². The summed E-state index contributed by atoms with van der Waals surface area (Å²) in [5, 5.41) is 0. The van der Waals surface area contributed by atoms with Crippen molar-refractivity contribution < 1.29 is 33.1 Å². The van der Waals surface area contributed by atoms with E-state index in [9.17, 15) is 24.2 Å². The van der Waals surface area contributed by atoms with Crippen LogP contribution in [0.1, 0.15) is 14.5 Å². The van der Waals surface area contributed by atoms with Crippen LogP contribution in [-0.4, -0.2) is 13.3 Å². The predicted octanol–water partition coefficient (Wildman–Crippen LogP) is 4.17. The summed E-state index contributed by atoms with van der Waals surface area (Å²) in [7, 11) is -12.9. The summed E-state index contributed by atoms with van der Waals surface area (Å²) in [5.74, 6) is -0.736. The van der Waals surface area contributed by atoms with Gasteiger partial charge >= 0.3 is 10.2 Å². The van der Waals surface area contributed by atoms with Crippen LogP contribution in [0.15, 0.2) is 23.1 Å². The van der Waals surface area contributed by atoms with Gasteiger partial charge < -0.3 is 4.74 Å². The zero-order valence-electron chi connectivity index (χ0n) is 10.4. The van der Waals surface area contributed by atoms with Crippen molar-refractivity contribution in [3.05, 3.63) is 23.8 Å². The van der Waals surface area contributed by atoms with Crippen LogP contribution in [0.5, 0.6) is 5.75 Å². The quantitative estimate of drug-likeness (QED) is 0.605. The fraction of sp³-hybridized carbons (Fsp3) is 0.125. The van der Waals surface area contributed by atoms with Crippen molar-refractivity contribution in [3.63, 3.8) is 0 Å². The van der Waals surface area contributed by atoms with E-state index in [2.05, 4.69) is 4.74 Å². The molecule has 0 bridgehead atoms. The monoisotopic (exact) mass is 265 g/mol. The third kappa shape index (κ3) is 2.63. The van der Waals surface area contributed by atoms with Crippen LogP contribution in [-0.2, 0) is 0 Å². The Kier molecular flexibility index (Phi) is 1.58. The number of hydrogen-bond acceptors (Lipinski definition) is 2. The summed E-state index contributed by atoms with van der Waals surface area (Å²) in [4.78, 5) is 8.25. The van der Waals surface area contributed by atoms with E-state index >= 15 is 0 Å². The number of carbonyl (C=O) groups is 1. The molecule has 0 aliphatic rings. The Hall–Kier alpha value is -1.31. The predicted molar refractivity (Wildman–Crippen MR) is 49.8 cm³/mol. The van der Waals surface area contributed by atoms with Gasteiger partial charge in [-0.25, -0.2) is 0 Å². The summed E-state index contributed by atoms with van der Waals surface area (Å²) in [5.41, 5.74) is -0.929. The number of carbonyl (C=O) groups excluding carboxylic acids is 1. The molecule has 92 valence electrons. The zero-order chi connectivity index (χ0) is 15.2. The van der Waals surface area contributed by atoms with Crippen LogP contribution in [0.3, 0.4) is 0 Å². The molecule has 0 aromatic heterocycles. The highest BCUT2D eigenvalue weighted by molar-refractivity contribution is 8.45. The molecule has 0 atom stereocenters. The first-order chi connectivity index (χ1) is 8.12. The number of methoxy groups -OCH3 is 1. The molecule has 1 aromatic carbocycles. The summed E-state index contributed by atoms with van der Waals surface area (Å²) in [6.07, 6.45) is -0.200. The molecule has 0 N–H and O–H groups in total. The van der Waals surface area contributed by atoms with E-state index in [1.807, 2.05) is 0 Å². The Bertz CT molecular complexity index is 525. The molecule has 2 nitrogen and oxygen atoms in total. The highest BCUT2D eigenvalue weighted by Gasteiger charge is 2.65. The minimum Gasteiger partial charge on any atom is -0.496 e. The van der Waals surface area contributed by atoms with Crippen LogP contribution in [0.25, 0.3) is 0 Å². The first-order valence-corrected chi connectivity index (χ1v) is 5.60. The molecule has 0 amide bonds. The zero-order valence-corrected chi connectivity index (χ0v) is 8.24. The molecule has 16 heavy (non-hydrogen) atoms. The SMILES string of the molecule is [2H]C([2H])([2H])Oc1ccc(S(F)(F)(F)(F)F)cc1C=O. The van der Waals surface area contributed by atoms with Crippen LogP contribution in [0, 0.1) is 0 Å².